The highest BCUT2D eigenvalue weighted by Gasteiger charge is 2.20. The zero-order chi connectivity index (χ0) is 14.3. The van der Waals surface area contributed by atoms with Crippen LogP contribution in [0.4, 0.5) is 0 Å². The Hall–Kier alpha value is -1.08. The third kappa shape index (κ3) is 4.50. The first-order valence-electron chi connectivity index (χ1n) is 6.41. The van der Waals surface area contributed by atoms with Gasteiger partial charge in [0.05, 0.1) is 18.4 Å². The maximum atomic E-state index is 10.7. The van der Waals surface area contributed by atoms with E-state index in [2.05, 4.69) is 24.0 Å². The van der Waals surface area contributed by atoms with Crippen molar-refractivity contribution < 1.29 is 14.6 Å². The number of hydrogen-bond acceptors (Lipinski definition) is 5. The molecule has 0 amide bonds. The van der Waals surface area contributed by atoms with Crippen LogP contribution in [0.25, 0.3) is 0 Å². The minimum Gasteiger partial charge on any atom is -0.481 e. The fourth-order valence-corrected chi connectivity index (χ4v) is 2.60. The lowest BCUT2D eigenvalue weighted by Crippen LogP contribution is -2.18. The highest BCUT2D eigenvalue weighted by Crippen LogP contribution is 2.24. The number of aryl methyl sites for hydroxylation is 1. The Labute approximate surface area is 117 Å². The number of nitrogens with zero attached hydrogens (tertiary/aromatic N) is 3. The second-order valence-electron chi connectivity index (χ2n) is 4.22. The van der Waals surface area contributed by atoms with Gasteiger partial charge in [0, 0.05) is 13.5 Å². The third-order valence-electron chi connectivity index (χ3n) is 2.73. The molecule has 108 valence electrons. The first kappa shape index (κ1) is 16.0. The molecule has 1 atom stereocenters. The predicted octanol–water partition coefficient (Wildman–Crippen LogP) is 2.00. The van der Waals surface area contributed by atoms with Gasteiger partial charge in [-0.2, -0.15) is 0 Å². The number of thioether (sulfide) groups is 1. The number of rotatable bonds is 9. The van der Waals surface area contributed by atoms with Crippen molar-refractivity contribution in [3.05, 3.63) is 5.82 Å². The van der Waals surface area contributed by atoms with Crippen LogP contribution in [0.5, 0.6) is 0 Å². The summed E-state index contributed by atoms with van der Waals surface area (Å²) in [5.41, 5.74) is 0. The molecule has 0 aliphatic carbocycles. The second kappa shape index (κ2) is 8.16. The van der Waals surface area contributed by atoms with Crippen molar-refractivity contribution in [3.63, 3.8) is 0 Å². The van der Waals surface area contributed by atoms with E-state index in [0.717, 1.165) is 25.1 Å². The molecule has 6 nitrogen and oxygen atoms in total. The van der Waals surface area contributed by atoms with Gasteiger partial charge in [0.2, 0.25) is 0 Å². The highest BCUT2D eigenvalue weighted by molar-refractivity contribution is 7.99. The van der Waals surface area contributed by atoms with Crippen molar-refractivity contribution in [2.75, 3.05) is 19.5 Å². The SMILES string of the molecule is CCCc1nnc(SCC(=O)O)n1C(CC)COC. The molecule has 0 spiro atoms. The van der Waals surface area contributed by atoms with Crippen LogP contribution >= 0.6 is 11.8 Å². The van der Waals surface area contributed by atoms with Crippen LogP contribution in [0, 0.1) is 0 Å². The van der Waals surface area contributed by atoms with E-state index in [4.69, 9.17) is 9.84 Å². The standard InChI is InChI=1S/C12H21N3O3S/c1-4-6-10-13-14-12(19-8-11(16)17)15(10)9(5-2)7-18-3/h9H,4-8H2,1-3H3,(H,16,17). The monoisotopic (exact) mass is 287 g/mol. The summed E-state index contributed by atoms with van der Waals surface area (Å²) < 4.78 is 7.26. The number of carboxylic acids is 1. The van der Waals surface area contributed by atoms with Crippen LogP contribution in [0.1, 0.15) is 38.6 Å². The molecule has 1 unspecified atom stereocenters. The van der Waals surface area contributed by atoms with Gasteiger partial charge >= 0.3 is 5.97 Å². The van der Waals surface area contributed by atoms with Gasteiger partial charge in [0.1, 0.15) is 5.82 Å². The van der Waals surface area contributed by atoms with Crippen LogP contribution < -0.4 is 0 Å². The van der Waals surface area contributed by atoms with Crippen molar-refractivity contribution in [1.29, 1.82) is 0 Å². The van der Waals surface area contributed by atoms with Gasteiger partial charge in [0.15, 0.2) is 5.16 Å². The number of methoxy groups -OCH3 is 1. The minimum absolute atomic E-state index is 0.00628. The topological polar surface area (TPSA) is 77.2 Å². The first-order valence-corrected chi connectivity index (χ1v) is 7.39. The summed E-state index contributed by atoms with van der Waals surface area (Å²) in [6.45, 7) is 4.73. The first-order chi connectivity index (χ1) is 9.13. The summed E-state index contributed by atoms with van der Waals surface area (Å²) in [7, 11) is 1.66. The second-order valence-corrected chi connectivity index (χ2v) is 5.16. The van der Waals surface area contributed by atoms with Gasteiger partial charge in [-0.25, -0.2) is 0 Å². The highest BCUT2D eigenvalue weighted by atomic mass is 32.2. The Morgan fingerprint density at radius 1 is 1.47 bits per heavy atom. The Balaban J connectivity index is 2.98. The van der Waals surface area contributed by atoms with Crippen LogP contribution in [0.3, 0.4) is 0 Å². The molecule has 0 aromatic carbocycles. The third-order valence-corrected chi connectivity index (χ3v) is 3.66. The molecule has 1 aromatic heterocycles. The molecule has 0 saturated heterocycles. The minimum atomic E-state index is -0.851. The van der Waals surface area contributed by atoms with E-state index in [0.29, 0.717) is 11.8 Å². The summed E-state index contributed by atoms with van der Waals surface area (Å²) in [5.74, 6) is 0.0453. The largest absolute Gasteiger partial charge is 0.481 e. The molecule has 0 aliphatic rings. The molecule has 1 rings (SSSR count). The van der Waals surface area contributed by atoms with Gasteiger partial charge in [0.25, 0.3) is 0 Å². The average molecular weight is 287 g/mol. The Morgan fingerprint density at radius 2 is 2.21 bits per heavy atom. The number of aliphatic carboxylic acids is 1. The molecule has 0 bridgehead atoms. The summed E-state index contributed by atoms with van der Waals surface area (Å²) >= 11 is 1.21. The molecule has 7 heteroatoms. The lowest BCUT2D eigenvalue weighted by molar-refractivity contribution is -0.133. The molecule has 0 saturated carbocycles. The molecule has 0 radical (unpaired) electrons. The Kier molecular flexibility index (Phi) is 6.86. The van der Waals surface area contributed by atoms with Crippen LogP contribution in [-0.4, -0.2) is 45.3 Å². The number of carboxylic acid groups (broad SMARTS) is 1. The van der Waals surface area contributed by atoms with Gasteiger partial charge in [-0.15, -0.1) is 10.2 Å². The lowest BCUT2D eigenvalue weighted by Gasteiger charge is -2.19. The molecular weight excluding hydrogens is 266 g/mol. The molecule has 19 heavy (non-hydrogen) atoms. The lowest BCUT2D eigenvalue weighted by atomic mass is 10.2. The van der Waals surface area contributed by atoms with E-state index >= 15 is 0 Å². The predicted molar refractivity (Wildman–Crippen MR) is 73.6 cm³/mol. The van der Waals surface area contributed by atoms with Crippen LogP contribution in [-0.2, 0) is 16.0 Å². The van der Waals surface area contributed by atoms with E-state index < -0.39 is 5.97 Å². The van der Waals surface area contributed by atoms with Gasteiger partial charge < -0.3 is 14.4 Å². The van der Waals surface area contributed by atoms with Crippen molar-refractivity contribution in [3.8, 4) is 0 Å². The average Bonchev–Trinajstić information content (AvgIpc) is 2.77. The van der Waals surface area contributed by atoms with E-state index in [9.17, 15) is 4.79 Å². The van der Waals surface area contributed by atoms with E-state index in [1.165, 1.54) is 11.8 Å². The fourth-order valence-electron chi connectivity index (χ4n) is 1.86. The summed E-state index contributed by atoms with van der Waals surface area (Å²) in [4.78, 5) is 10.7. The van der Waals surface area contributed by atoms with Crippen molar-refractivity contribution >= 4 is 17.7 Å². The normalized spacial score (nSPS) is 12.6. The zero-order valence-electron chi connectivity index (χ0n) is 11.6. The summed E-state index contributed by atoms with van der Waals surface area (Å²) in [6, 6.07) is 0.151. The molecule has 1 heterocycles. The van der Waals surface area contributed by atoms with Gasteiger partial charge in [-0.05, 0) is 12.8 Å². The molecular formula is C12H21N3O3S. The molecule has 1 aromatic rings. The smallest absolute Gasteiger partial charge is 0.313 e. The molecule has 0 aliphatic heterocycles. The van der Waals surface area contributed by atoms with E-state index in [1.807, 2.05) is 4.57 Å². The number of carbonyl (C=O) groups is 1. The van der Waals surface area contributed by atoms with Gasteiger partial charge in [-0.3, -0.25) is 4.79 Å². The Morgan fingerprint density at radius 3 is 2.74 bits per heavy atom. The Bertz CT molecular complexity index is 409. The number of aromatic nitrogens is 3. The quantitative estimate of drug-likeness (QED) is 0.700. The molecule has 0 fully saturated rings. The van der Waals surface area contributed by atoms with E-state index in [1.54, 1.807) is 7.11 Å². The van der Waals surface area contributed by atoms with E-state index in [-0.39, 0.29) is 11.8 Å². The maximum Gasteiger partial charge on any atom is 0.313 e. The van der Waals surface area contributed by atoms with Crippen molar-refractivity contribution in [2.45, 2.75) is 44.3 Å². The zero-order valence-corrected chi connectivity index (χ0v) is 12.4. The van der Waals surface area contributed by atoms with Gasteiger partial charge in [-0.1, -0.05) is 25.6 Å². The summed E-state index contributed by atoms with van der Waals surface area (Å²) in [6.07, 6.45) is 2.70. The fraction of sp³-hybridized carbons (Fsp3) is 0.750. The van der Waals surface area contributed by atoms with Crippen molar-refractivity contribution in [1.82, 2.24) is 14.8 Å². The van der Waals surface area contributed by atoms with Crippen LogP contribution in [0.2, 0.25) is 0 Å². The number of ether oxygens (including phenoxy) is 1. The maximum absolute atomic E-state index is 10.7. The van der Waals surface area contributed by atoms with Crippen molar-refractivity contribution in [2.24, 2.45) is 0 Å². The van der Waals surface area contributed by atoms with Crippen LogP contribution in [0.15, 0.2) is 5.16 Å². The number of hydrogen-bond donors (Lipinski definition) is 1. The summed E-state index contributed by atoms with van der Waals surface area (Å²) in [5, 5.41) is 17.7. The molecule has 1 N–H and O–H groups in total.